The first-order chi connectivity index (χ1) is 11.3. The van der Waals surface area contributed by atoms with Gasteiger partial charge in [0.05, 0.1) is 24.0 Å². The van der Waals surface area contributed by atoms with E-state index in [0.29, 0.717) is 11.3 Å². The number of hydrogen-bond acceptors (Lipinski definition) is 2. The number of nitrogens with one attached hydrogen (secondary N) is 1. The van der Waals surface area contributed by atoms with Crippen LogP contribution >= 0.6 is 0 Å². The number of halogens is 3. The first-order valence-corrected chi connectivity index (χ1v) is 6.82. The van der Waals surface area contributed by atoms with Crippen LogP contribution in [0, 0.1) is 0 Å². The fraction of sp³-hybridized carbons (Fsp3) is 0.133. The zero-order chi connectivity index (χ0) is 17.6. The van der Waals surface area contributed by atoms with Crippen molar-refractivity contribution in [2.45, 2.75) is 12.7 Å². The Morgan fingerprint density at radius 1 is 1.17 bits per heavy atom. The van der Waals surface area contributed by atoms with Crippen molar-refractivity contribution in [1.29, 1.82) is 0 Å². The van der Waals surface area contributed by atoms with Crippen LogP contribution in [0.15, 0.2) is 58.8 Å². The summed E-state index contributed by atoms with van der Waals surface area (Å²) in [7, 11) is 0. The van der Waals surface area contributed by atoms with E-state index in [1.165, 1.54) is 12.1 Å². The lowest BCUT2D eigenvalue weighted by atomic mass is 10.1. The highest BCUT2D eigenvalue weighted by atomic mass is 19.4. The van der Waals surface area contributed by atoms with Gasteiger partial charge < -0.3 is 16.8 Å². The SMILES string of the molecule is NC(=NCc1cccc(C(F)(F)F)c1)/N=C(\N)Nc1cccnc1. The van der Waals surface area contributed by atoms with Crippen LogP contribution in [0.3, 0.4) is 0 Å². The van der Waals surface area contributed by atoms with E-state index < -0.39 is 11.7 Å². The molecule has 24 heavy (non-hydrogen) atoms. The molecule has 0 aliphatic rings. The number of benzene rings is 1. The molecular weight excluding hydrogens is 321 g/mol. The van der Waals surface area contributed by atoms with Crippen LogP contribution in [0.25, 0.3) is 0 Å². The summed E-state index contributed by atoms with van der Waals surface area (Å²) < 4.78 is 37.9. The molecule has 0 saturated carbocycles. The predicted molar refractivity (Wildman–Crippen MR) is 86.3 cm³/mol. The molecule has 0 spiro atoms. The van der Waals surface area contributed by atoms with E-state index in [4.69, 9.17) is 11.5 Å². The van der Waals surface area contributed by atoms with Gasteiger partial charge in [0, 0.05) is 6.20 Å². The summed E-state index contributed by atoms with van der Waals surface area (Å²) >= 11 is 0. The molecule has 0 radical (unpaired) electrons. The van der Waals surface area contributed by atoms with Gasteiger partial charge in [-0.3, -0.25) is 4.98 Å². The molecule has 0 aliphatic carbocycles. The Morgan fingerprint density at radius 2 is 1.96 bits per heavy atom. The average molecular weight is 336 g/mol. The van der Waals surface area contributed by atoms with Crippen molar-refractivity contribution < 1.29 is 13.2 Å². The van der Waals surface area contributed by atoms with E-state index in [-0.39, 0.29) is 18.5 Å². The number of aromatic nitrogens is 1. The van der Waals surface area contributed by atoms with Crippen molar-refractivity contribution in [3.05, 3.63) is 59.9 Å². The van der Waals surface area contributed by atoms with Crippen LogP contribution in [0.5, 0.6) is 0 Å². The van der Waals surface area contributed by atoms with Gasteiger partial charge in [0.25, 0.3) is 0 Å². The fourth-order valence-electron chi connectivity index (χ4n) is 1.79. The summed E-state index contributed by atoms with van der Waals surface area (Å²) in [5.41, 5.74) is 11.5. The molecule has 0 bridgehead atoms. The third kappa shape index (κ3) is 5.27. The van der Waals surface area contributed by atoms with Gasteiger partial charge in [-0.1, -0.05) is 12.1 Å². The summed E-state index contributed by atoms with van der Waals surface area (Å²) in [6, 6.07) is 8.27. The zero-order valence-electron chi connectivity index (χ0n) is 12.5. The third-order valence-electron chi connectivity index (χ3n) is 2.85. The number of anilines is 1. The number of nitrogens with two attached hydrogens (primary N) is 2. The predicted octanol–water partition coefficient (Wildman–Crippen LogP) is 2.34. The van der Waals surface area contributed by atoms with Crippen molar-refractivity contribution in [2.75, 3.05) is 5.32 Å². The molecule has 0 amide bonds. The molecule has 0 unspecified atom stereocenters. The average Bonchev–Trinajstić information content (AvgIpc) is 2.53. The maximum Gasteiger partial charge on any atom is 0.416 e. The van der Waals surface area contributed by atoms with Crippen LogP contribution in [0.2, 0.25) is 0 Å². The Labute approximate surface area is 136 Å². The second-order valence-electron chi connectivity index (χ2n) is 4.74. The Kier molecular flexibility index (Phi) is 5.35. The van der Waals surface area contributed by atoms with Crippen LogP contribution in [0.4, 0.5) is 18.9 Å². The molecule has 9 heteroatoms. The van der Waals surface area contributed by atoms with Crippen LogP contribution in [-0.4, -0.2) is 16.9 Å². The lowest BCUT2D eigenvalue weighted by molar-refractivity contribution is -0.137. The number of aliphatic imine (C=N–C) groups is 2. The molecule has 126 valence electrons. The highest BCUT2D eigenvalue weighted by molar-refractivity contribution is 6.00. The molecule has 0 saturated heterocycles. The number of rotatable bonds is 3. The maximum atomic E-state index is 12.6. The molecule has 2 rings (SSSR count). The minimum absolute atomic E-state index is 0.00621. The molecule has 0 aliphatic heterocycles. The van der Waals surface area contributed by atoms with E-state index in [9.17, 15) is 13.2 Å². The third-order valence-corrected chi connectivity index (χ3v) is 2.85. The second kappa shape index (κ2) is 7.44. The van der Waals surface area contributed by atoms with Gasteiger partial charge in [0.1, 0.15) is 0 Å². The maximum absolute atomic E-state index is 12.6. The van der Waals surface area contributed by atoms with E-state index in [0.717, 1.165) is 12.1 Å². The topological polar surface area (TPSA) is 102 Å². The summed E-state index contributed by atoms with van der Waals surface area (Å²) in [5.74, 6) is -0.158. The molecule has 0 fully saturated rings. The summed E-state index contributed by atoms with van der Waals surface area (Å²) in [6.07, 6.45) is -1.26. The highest BCUT2D eigenvalue weighted by Gasteiger charge is 2.30. The Hall–Kier alpha value is -3.10. The number of alkyl halides is 3. The second-order valence-corrected chi connectivity index (χ2v) is 4.74. The van der Waals surface area contributed by atoms with Crippen LogP contribution in [-0.2, 0) is 12.7 Å². The lowest BCUT2D eigenvalue weighted by Gasteiger charge is -2.07. The Balaban J connectivity index is 2.02. The summed E-state index contributed by atoms with van der Waals surface area (Å²) in [4.78, 5) is 11.6. The minimum atomic E-state index is -4.40. The molecule has 1 aromatic carbocycles. The first kappa shape index (κ1) is 17.3. The molecule has 1 aromatic heterocycles. The van der Waals surface area contributed by atoms with Gasteiger partial charge in [-0.2, -0.15) is 18.2 Å². The van der Waals surface area contributed by atoms with E-state index in [1.807, 2.05) is 0 Å². The van der Waals surface area contributed by atoms with Crippen molar-refractivity contribution in [3.63, 3.8) is 0 Å². The normalized spacial score (nSPS) is 13.0. The fourth-order valence-corrected chi connectivity index (χ4v) is 1.79. The van der Waals surface area contributed by atoms with E-state index in [1.54, 1.807) is 24.5 Å². The lowest BCUT2D eigenvalue weighted by Crippen LogP contribution is -2.26. The van der Waals surface area contributed by atoms with Gasteiger partial charge in [0.2, 0.25) is 11.9 Å². The van der Waals surface area contributed by atoms with Crippen molar-refractivity contribution in [3.8, 4) is 0 Å². The quantitative estimate of drug-likeness (QED) is 0.591. The number of pyridine rings is 1. The van der Waals surface area contributed by atoms with Crippen LogP contribution < -0.4 is 16.8 Å². The first-order valence-electron chi connectivity index (χ1n) is 6.82. The van der Waals surface area contributed by atoms with Gasteiger partial charge in [-0.15, -0.1) is 0 Å². The summed E-state index contributed by atoms with van der Waals surface area (Å²) in [5, 5.41) is 2.76. The van der Waals surface area contributed by atoms with Gasteiger partial charge in [0.15, 0.2) is 0 Å². The molecule has 6 nitrogen and oxygen atoms in total. The number of guanidine groups is 2. The number of nitrogens with zero attached hydrogens (tertiary/aromatic N) is 3. The van der Waals surface area contributed by atoms with E-state index >= 15 is 0 Å². The largest absolute Gasteiger partial charge is 0.416 e. The van der Waals surface area contributed by atoms with Crippen molar-refractivity contribution >= 4 is 17.6 Å². The molecule has 2 aromatic rings. The monoisotopic (exact) mass is 336 g/mol. The van der Waals surface area contributed by atoms with Crippen molar-refractivity contribution in [2.24, 2.45) is 21.5 Å². The van der Waals surface area contributed by atoms with E-state index in [2.05, 4.69) is 20.3 Å². The highest BCUT2D eigenvalue weighted by Crippen LogP contribution is 2.29. The smallest absolute Gasteiger partial charge is 0.369 e. The number of hydrogen-bond donors (Lipinski definition) is 3. The minimum Gasteiger partial charge on any atom is -0.369 e. The van der Waals surface area contributed by atoms with Crippen LogP contribution in [0.1, 0.15) is 11.1 Å². The molecular formula is C15H15F3N6. The zero-order valence-corrected chi connectivity index (χ0v) is 12.5. The van der Waals surface area contributed by atoms with Crippen molar-refractivity contribution in [1.82, 2.24) is 4.98 Å². The van der Waals surface area contributed by atoms with Gasteiger partial charge >= 0.3 is 6.18 Å². The standard InChI is InChI=1S/C15H15F3N6/c16-15(17,18)11-4-1-3-10(7-11)8-22-13(19)24-14(20)23-12-5-2-6-21-9-12/h1-7,9H,8H2,(H5,19,20,22,23,24). The Morgan fingerprint density at radius 3 is 2.62 bits per heavy atom. The van der Waals surface area contributed by atoms with Gasteiger partial charge in [-0.05, 0) is 29.8 Å². The van der Waals surface area contributed by atoms with Gasteiger partial charge in [-0.25, -0.2) is 4.99 Å². The molecule has 0 atom stereocenters. The summed E-state index contributed by atoms with van der Waals surface area (Å²) in [6.45, 7) is -0.0422. The molecule has 1 heterocycles. The Bertz CT molecular complexity index is 740. The molecule has 5 N–H and O–H groups in total.